The molecule has 0 heterocycles. The van der Waals surface area contributed by atoms with Gasteiger partial charge < -0.3 is 14.8 Å². The highest BCUT2D eigenvalue weighted by Gasteiger charge is 2.09. The van der Waals surface area contributed by atoms with Crippen molar-refractivity contribution in [2.75, 3.05) is 20.8 Å². The van der Waals surface area contributed by atoms with Crippen LogP contribution in [0.3, 0.4) is 0 Å². The summed E-state index contributed by atoms with van der Waals surface area (Å²) >= 11 is 6.10. The van der Waals surface area contributed by atoms with E-state index in [1.54, 1.807) is 13.2 Å². The second kappa shape index (κ2) is 5.83. The molecule has 0 saturated carbocycles. The molecule has 0 aromatic heterocycles. The highest BCUT2D eigenvalue weighted by atomic mass is 35.5. The minimum absolute atomic E-state index is 0.595. The van der Waals surface area contributed by atoms with Crippen LogP contribution in [-0.2, 0) is 6.54 Å². The summed E-state index contributed by atoms with van der Waals surface area (Å²) in [7, 11) is 3.49. The van der Waals surface area contributed by atoms with Crippen molar-refractivity contribution >= 4 is 11.6 Å². The summed E-state index contributed by atoms with van der Waals surface area (Å²) in [6.45, 7) is 3.23. The first kappa shape index (κ1) is 12.1. The molecule has 1 rings (SSSR count). The zero-order valence-corrected chi connectivity index (χ0v) is 10.0. The molecule has 0 amide bonds. The van der Waals surface area contributed by atoms with E-state index in [1.165, 1.54) is 0 Å². The smallest absolute Gasteiger partial charge is 0.162 e. The molecule has 0 aliphatic heterocycles. The van der Waals surface area contributed by atoms with Crippen molar-refractivity contribution in [3.8, 4) is 11.5 Å². The van der Waals surface area contributed by atoms with Crippen LogP contribution in [0.5, 0.6) is 11.5 Å². The number of benzene rings is 1. The SMILES string of the molecule is CCOc1cc(Cl)c(CNC)cc1OC. The van der Waals surface area contributed by atoms with Gasteiger partial charge >= 0.3 is 0 Å². The van der Waals surface area contributed by atoms with Crippen LogP contribution in [0.15, 0.2) is 12.1 Å². The van der Waals surface area contributed by atoms with Crippen LogP contribution in [0.1, 0.15) is 12.5 Å². The van der Waals surface area contributed by atoms with E-state index in [1.807, 2.05) is 20.0 Å². The summed E-state index contributed by atoms with van der Waals surface area (Å²) in [4.78, 5) is 0. The zero-order valence-electron chi connectivity index (χ0n) is 9.26. The second-order valence-electron chi connectivity index (χ2n) is 3.06. The van der Waals surface area contributed by atoms with Gasteiger partial charge in [0.15, 0.2) is 11.5 Å². The van der Waals surface area contributed by atoms with Gasteiger partial charge in [-0.3, -0.25) is 0 Å². The molecule has 3 nitrogen and oxygen atoms in total. The number of nitrogens with one attached hydrogen (secondary N) is 1. The third kappa shape index (κ3) is 3.01. The molecule has 0 radical (unpaired) electrons. The van der Waals surface area contributed by atoms with Crippen molar-refractivity contribution in [2.24, 2.45) is 0 Å². The molecule has 0 aliphatic rings. The Labute approximate surface area is 95.3 Å². The Morgan fingerprint density at radius 2 is 2.07 bits per heavy atom. The third-order valence-corrected chi connectivity index (χ3v) is 2.35. The van der Waals surface area contributed by atoms with E-state index in [0.29, 0.717) is 29.7 Å². The van der Waals surface area contributed by atoms with Gasteiger partial charge in [-0.25, -0.2) is 0 Å². The minimum Gasteiger partial charge on any atom is -0.493 e. The lowest BCUT2D eigenvalue weighted by Crippen LogP contribution is -2.06. The monoisotopic (exact) mass is 229 g/mol. The summed E-state index contributed by atoms with van der Waals surface area (Å²) < 4.78 is 10.6. The molecule has 0 atom stereocenters. The average Bonchev–Trinajstić information content (AvgIpc) is 2.22. The molecular weight excluding hydrogens is 214 g/mol. The van der Waals surface area contributed by atoms with Gasteiger partial charge in [0.25, 0.3) is 0 Å². The van der Waals surface area contributed by atoms with Crippen LogP contribution in [-0.4, -0.2) is 20.8 Å². The van der Waals surface area contributed by atoms with E-state index < -0.39 is 0 Å². The summed E-state index contributed by atoms with van der Waals surface area (Å²) in [5.41, 5.74) is 1.000. The Bertz CT molecular complexity index is 329. The van der Waals surface area contributed by atoms with Crippen LogP contribution in [0, 0.1) is 0 Å². The van der Waals surface area contributed by atoms with Crippen molar-refractivity contribution in [3.05, 3.63) is 22.7 Å². The molecule has 0 saturated heterocycles. The van der Waals surface area contributed by atoms with Crippen LogP contribution >= 0.6 is 11.6 Å². The van der Waals surface area contributed by atoms with Crippen LogP contribution < -0.4 is 14.8 Å². The molecule has 4 heteroatoms. The third-order valence-electron chi connectivity index (χ3n) is 2.00. The van der Waals surface area contributed by atoms with Crippen molar-refractivity contribution in [1.29, 1.82) is 0 Å². The maximum absolute atomic E-state index is 6.10. The normalized spacial score (nSPS) is 10.1. The molecule has 0 spiro atoms. The van der Waals surface area contributed by atoms with Crippen molar-refractivity contribution in [3.63, 3.8) is 0 Å². The molecule has 84 valence electrons. The Balaban J connectivity index is 3.04. The van der Waals surface area contributed by atoms with Gasteiger partial charge in [-0.05, 0) is 25.6 Å². The molecule has 0 aliphatic carbocycles. The largest absolute Gasteiger partial charge is 0.493 e. The number of hydrogen-bond donors (Lipinski definition) is 1. The van der Waals surface area contributed by atoms with E-state index in [0.717, 1.165) is 5.56 Å². The topological polar surface area (TPSA) is 30.5 Å². The fourth-order valence-corrected chi connectivity index (χ4v) is 1.55. The number of rotatable bonds is 5. The first-order valence-corrected chi connectivity index (χ1v) is 5.24. The van der Waals surface area contributed by atoms with Crippen LogP contribution in [0.2, 0.25) is 5.02 Å². The Kier molecular flexibility index (Phi) is 4.72. The summed E-state index contributed by atoms with van der Waals surface area (Å²) in [6.07, 6.45) is 0. The Hall–Kier alpha value is -0.930. The number of halogens is 1. The Morgan fingerprint density at radius 1 is 1.33 bits per heavy atom. The first-order chi connectivity index (χ1) is 7.22. The fraction of sp³-hybridized carbons (Fsp3) is 0.455. The van der Waals surface area contributed by atoms with E-state index in [9.17, 15) is 0 Å². The lowest BCUT2D eigenvalue weighted by molar-refractivity contribution is 0.310. The van der Waals surface area contributed by atoms with Gasteiger partial charge in [0.1, 0.15) is 0 Å². The maximum atomic E-state index is 6.10. The molecule has 0 bridgehead atoms. The lowest BCUT2D eigenvalue weighted by Gasteiger charge is -2.12. The second-order valence-corrected chi connectivity index (χ2v) is 3.47. The molecule has 1 aromatic carbocycles. The van der Waals surface area contributed by atoms with Crippen molar-refractivity contribution < 1.29 is 9.47 Å². The highest BCUT2D eigenvalue weighted by Crippen LogP contribution is 2.33. The molecule has 0 unspecified atom stereocenters. The van der Waals surface area contributed by atoms with Crippen molar-refractivity contribution in [2.45, 2.75) is 13.5 Å². The van der Waals surface area contributed by atoms with Gasteiger partial charge in [-0.15, -0.1) is 0 Å². The highest BCUT2D eigenvalue weighted by molar-refractivity contribution is 6.31. The molecule has 1 N–H and O–H groups in total. The zero-order chi connectivity index (χ0) is 11.3. The Morgan fingerprint density at radius 3 is 2.60 bits per heavy atom. The van der Waals surface area contributed by atoms with Gasteiger partial charge in [0, 0.05) is 17.6 Å². The summed E-state index contributed by atoms with van der Waals surface area (Å²) in [6, 6.07) is 3.68. The average molecular weight is 230 g/mol. The summed E-state index contributed by atoms with van der Waals surface area (Å²) in [5.74, 6) is 1.40. The fourth-order valence-electron chi connectivity index (χ4n) is 1.33. The molecule has 1 aromatic rings. The van der Waals surface area contributed by atoms with E-state index in [4.69, 9.17) is 21.1 Å². The van der Waals surface area contributed by atoms with E-state index in [2.05, 4.69) is 5.32 Å². The number of hydrogen-bond acceptors (Lipinski definition) is 3. The molecular formula is C11H16ClNO2. The van der Waals surface area contributed by atoms with Crippen LogP contribution in [0.4, 0.5) is 0 Å². The summed E-state index contributed by atoms with van der Waals surface area (Å²) in [5, 5.41) is 3.74. The van der Waals surface area contributed by atoms with Gasteiger partial charge in [0.2, 0.25) is 0 Å². The maximum Gasteiger partial charge on any atom is 0.162 e. The van der Waals surface area contributed by atoms with E-state index in [-0.39, 0.29) is 0 Å². The first-order valence-electron chi connectivity index (χ1n) is 4.86. The number of ether oxygens (including phenoxy) is 2. The molecule has 15 heavy (non-hydrogen) atoms. The van der Waals surface area contributed by atoms with Crippen molar-refractivity contribution in [1.82, 2.24) is 5.32 Å². The van der Waals surface area contributed by atoms with Gasteiger partial charge in [0.05, 0.1) is 13.7 Å². The van der Waals surface area contributed by atoms with Gasteiger partial charge in [-0.1, -0.05) is 11.6 Å². The minimum atomic E-state index is 0.595. The quantitative estimate of drug-likeness (QED) is 0.842. The standard InChI is InChI=1S/C11H16ClNO2/c1-4-15-11-6-9(12)8(7-13-2)5-10(11)14-3/h5-6,13H,4,7H2,1-3H3. The van der Waals surface area contributed by atoms with Gasteiger partial charge in [-0.2, -0.15) is 0 Å². The van der Waals surface area contributed by atoms with Crippen LogP contribution in [0.25, 0.3) is 0 Å². The lowest BCUT2D eigenvalue weighted by atomic mass is 10.2. The predicted molar refractivity (Wildman–Crippen MR) is 61.9 cm³/mol. The van der Waals surface area contributed by atoms with E-state index >= 15 is 0 Å². The number of methoxy groups -OCH3 is 1. The molecule has 0 fully saturated rings. The predicted octanol–water partition coefficient (Wildman–Crippen LogP) is 2.47.